The topological polar surface area (TPSA) is 77.4 Å². The minimum absolute atomic E-state index is 0.119. The van der Waals surface area contributed by atoms with Crippen LogP contribution in [-0.2, 0) is 11.0 Å². The van der Waals surface area contributed by atoms with Crippen LogP contribution in [0.1, 0.15) is 133 Å². The van der Waals surface area contributed by atoms with E-state index in [-0.39, 0.29) is 35.8 Å². The Morgan fingerprint density at radius 1 is 0.651 bits per heavy atom. The van der Waals surface area contributed by atoms with Gasteiger partial charge in [-0.1, -0.05) is 80.2 Å². The summed E-state index contributed by atoms with van der Waals surface area (Å²) < 4.78 is 27.7. The molecule has 0 radical (unpaired) electrons. The quantitative estimate of drug-likeness (QED) is 0.161. The summed E-state index contributed by atoms with van der Waals surface area (Å²) in [6.45, 7) is 9.70. The molecule has 328 valence electrons. The van der Waals surface area contributed by atoms with E-state index in [4.69, 9.17) is 18.9 Å². The second-order valence-corrected chi connectivity index (χ2v) is 22.5. The van der Waals surface area contributed by atoms with Crippen molar-refractivity contribution in [3.8, 4) is 34.1 Å². The maximum atomic E-state index is 9.72. The van der Waals surface area contributed by atoms with Crippen LogP contribution in [0.15, 0.2) is 95.9 Å². The molecule has 0 bridgehead atoms. The maximum Gasteiger partial charge on any atom is 0.178 e. The second-order valence-electron chi connectivity index (χ2n) is 20.8. The number of aliphatic hydroxyl groups excluding tert-OH is 2. The fourth-order valence-corrected chi connectivity index (χ4v) is 13.1. The molecule has 63 heavy (non-hydrogen) atoms. The van der Waals surface area contributed by atoms with Crippen molar-refractivity contribution in [2.45, 2.75) is 138 Å². The van der Waals surface area contributed by atoms with Gasteiger partial charge in [0.15, 0.2) is 10.5 Å². The molecule has 6 aliphatic rings. The average Bonchev–Trinajstić information content (AvgIpc) is 3.77. The summed E-state index contributed by atoms with van der Waals surface area (Å²) in [6, 6.07) is 31.1. The second kappa shape index (κ2) is 15.6. The van der Waals surface area contributed by atoms with E-state index < -0.39 is 5.60 Å². The molecule has 0 amide bonds. The van der Waals surface area contributed by atoms with Gasteiger partial charge in [0.25, 0.3) is 0 Å². The zero-order valence-electron chi connectivity index (χ0n) is 37.4. The lowest BCUT2D eigenvalue weighted by atomic mass is 9.60. The van der Waals surface area contributed by atoms with Gasteiger partial charge in [0, 0.05) is 40.7 Å². The van der Waals surface area contributed by atoms with Gasteiger partial charge >= 0.3 is 0 Å². The van der Waals surface area contributed by atoms with Crippen LogP contribution in [0.5, 0.6) is 23.0 Å². The van der Waals surface area contributed by atoms with E-state index in [1.54, 1.807) is 11.8 Å². The monoisotopic (exact) mass is 862 g/mol. The lowest BCUT2D eigenvalue weighted by Gasteiger charge is -2.44. The Morgan fingerprint density at radius 3 is 1.79 bits per heavy atom. The van der Waals surface area contributed by atoms with Crippen molar-refractivity contribution in [1.82, 2.24) is 0 Å². The average molecular weight is 863 g/mol. The minimum Gasteiger partial charge on any atom is -0.490 e. The number of benzene rings is 5. The third-order valence-electron chi connectivity index (χ3n) is 15.7. The number of aliphatic hydroxyl groups is 2. The summed E-state index contributed by atoms with van der Waals surface area (Å²) in [7, 11) is 0. The van der Waals surface area contributed by atoms with Gasteiger partial charge in [0.2, 0.25) is 0 Å². The third-order valence-corrected chi connectivity index (χ3v) is 16.9. The lowest BCUT2D eigenvalue weighted by Crippen LogP contribution is -2.37. The summed E-state index contributed by atoms with van der Waals surface area (Å²) in [4.78, 5) is 0.772. The Hall–Kier alpha value is -4.43. The van der Waals surface area contributed by atoms with Crippen LogP contribution in [0, 0.1) is 17.3 Å². The predicted octanol–water partition coefficient (Wildman–Crippen LogP) is 13.1. The van der Waals surface area contributed by atoms with E-state index in [2.05, 4.69) is 125 Å². The van der Waals surface area contributed by atoms with Crippen molar-refractivity contribution in [1.29, 1.82) is 0 Å². The van der Waals surface area contributed by atoms with Crippen molar-refractivity contribution in [2.24, 2.45) is 17.3 Å². The van der Waals surface area contributed by atoms with Gasteiger partial charge in [-0.05, 0) is 178 Å². The molecule has 2 heterocycles. The summed E-state index contributed by atoms with van der Waals surface area (Å²) in [5.74, 6) is 4.36. The number of ether oxygens (including phenoxy) is 4. The number of rotatable bonds is 8. The van der Waals surface area contributed by atoms with Crippen LogP contribution >= 0.6 is 11.8 Å². The molecule has 11 rings (SSSR count). The molecule has 1 spiro atoms. The molecule has 5 aromatic carbocycles. The van der Waals surface area contributed by atoms with Gasteiger partial charge in [-0.25, -0.2) is 0 Å². The van der Waals surface area contributed by atoms with E-state index in [1.165, 1.54) is 33.2 Å². The molecule has 2 aliphatic heterocycles. The summed E-state index contributed by atoms with van der Waals surface area (Å²) >= 11 is 1.78. The zero-order chi connectivity index (χ0) is 43.1. The van der Waals surface area contributed by atoms with Crippen LogP contribution < -0.4 is 18.9 Å². The molecule has 4 aliphatic carbocycles. The molecular weight excluding hydrogens is 801 g/mol. The first-order valence-corrected chi connectivity index (χ1v) is 24.6. The molecule has 6 nitrogen and oxygen atoms in total. The summed E-state index contributed by atoms with van der Waals surface area (Å²) in [6.07, 6.45) is 17.4. The van der Waals surface area contributed by atoms with Crippen LogP contribution in [0.25, 0.3) is 28.0 Å². The molecule has 0 aromatic heterocycles. The highest BCUT2D eigenvalue weighted by Crippen LogP contribution is 2.64. The molecule has 7 heteroatoms. The molecule has 3 fully saturated rings. The SMILES string of the molecule is CC1(C)CCC2(CC1)c1ccccc1-c1c2c2c(c3cc4c(cc13)OC(C)(C)S4)OC(c1ccc(OC3CCC(CO)CC3)cc1)(c1ccc(OC3CCC(CO)CC3)cc1)C=C2. The molecule has 2 N–H and O–H groups in total. The Bertz CT molecular complexity index is 2480. The fourth-order valence-electron chi connectivity index (χ4n) is 12.0. The van der Waals surface area contributed by atoms with Crippen LogP contribution in [0.2, 0.25) is 0 Å². The van der Waals surface area contributed by atoms with E-state index in [0.717, 1.165) is 121 Å². The van der Waals surface area contributed by atoms with Crippen LogP contribution in [0.3, 0.4) is 0 Å². The summed E-state index contributed by atoms with van der Waals surface area (Å²) in [5, 5.41) is 21.7. The van der Waals surface area contributed by atoms with Gasteiger partial charge in [0.1, 0.15) is 23.0 Å². The molecule has 0 unspecified atom stereocenters. The highest BCUT2D eigenvalue weighted by atomic mass is 32.2. The van der Waals surface area contributed by atoms with Gasteiger partial charge in [0.05, 0.1) is 17.1 Å². The molecular formula is C56H62O6S. The van der Waals surface area contributed by atoms with Crippen molar-refractivity contribution < 1.29 is 29.2 Å². The number of hydrogen-bond acceptors (Lipinski definition) is 7. The van der Waals surface area contributed by atoms with Gasteiger partial charge in [-0.15, -0.1) is 0 Å². The normalized spacial score (nSPS) is 27.1. The van der Waals surface area contributed by atoms with E-state index in [0.29, 0.717) is 17.3 Å². The highest BCUT2D eigenvalue weighted by Gasteiger charge is 2.51. The molecule has 0 atom stereocenters. The van der Waals surface area contributed by atoms with E-state index in [1.807, 2.05) is 0 Å². The standard InChI is InChI=1S/C56H62O6S/c1-53(2)27-29-55(30-28-53)47-8-6-5-7-43(47)50-45-31-48-49(63-54(3,4)61-48)32-46(45)52-44(51(50)55)25-26-56(62-52,37-13-21-41(22-14-37)59-39-17-9-35(33-57)10-18-39)38-15-23-42(24-16-38)60-40-19-11-36(34-58)12-20-40/h5-8,13-16,21-26,31-32,35-36,39-40,57-58H,9-12,17-20,27-30,33-34H2,1-4H3. The fraction of sp³-hybridized carbons (Fsp3) is 0.464. The number of hydrogen-bond donors (Lipinski definition) is 2. The first-order valence-electron chi connectivity index (χ1n) is 23.8. The Kier molecular flexibility index (Phi) is 10.2. The van der Waals surface area contributed by atoms with Crippen molar-refractivity contribution in [3.05, 3.63) is 119 Å². The Morgan fingerprint density at radius 2 is 1.22 bits per heavy atom. The van der Waals surface area contributed by atoms with Gasteiger partial charge in [-0.2, -0.15) is 0 Å². The minimum atomic E-state index is -0.946. The number of thioether (sulfide) groups is 1. The van der Waals surface area contributed by atoms with Gasteiger partial charge < -0.3 is 29.2 Å². The maximum absolute atomic E-state index is 9.72. The van der Waals surface area contributed by atoms with E-state index in [9.17, 15) is 10.2 Å². The zero-order valence-corrected chi connectivity index (χ0v) is 38.2. The Balaban J connectivity index is 1.05. The summed E-state index contributed by atoms with van der Waals surface area (Å²) in [5.41, 5.74) is 8.03. The smallest absolute Gasteiger partial charge is 0.178 e. The Labute approximate surface area is 377 Å². The lowest BCUT2D eigenvalue weighted by molar-refractivity contribution is 0.104. The van der Waals surface area contributed by atoms with Crippen molar-refractivity contribution in [2.75, 3.05) is 13.2 Å². The van der Waals surface area contributed by atoms with E-state index >= 15 is 0 Å². The predicted molar refractivity (Wildman–Crippen MR) is 253 cm³/mol. The molecule has 0 saturated heterocycles. The largest absolute Gasteiger partial charge is 0.490 e. The molecule has 3 saturated carbocycles. The third kappa shape index (κ3) is 7.16. The van der Waals surface area contributed by atoms with Crippen molar-refractivity contribution in [3.63, 3.8) is 0 Å². The highest BCUT2D eigenvalue weighted by molar-refractivity contribution is 8.00. The van der Waals surface area contributed by atoms with Crippen LogP contribution in [0.4, 0.5) is 0 Å². The first-order chi connectivity index (χ1) is 30.5. The molecule has 5 aromatic rings. The number of fused-ring (bicyclic) bond motifs is 11. The van der Waals surface area contributed by atoms with Gasteiger partial charge in [-0.3, -0.25) is 0 Å². The van der Waals surface area contributed by atoms with Crippen molar-refractivity contribution >= 4 is 28.6 Å². The first kappa shape index (κ1) is 41.3. The van der Waals surface area contributed by atoms with Crippen LogP contribution in [-0.4, -0.2) is 40.6 Å².